The first-order valence-corrected chi connectivity index (χ1v) is 11.6. The summed E-state index contributed by atoms with van der Waals surface area (Å²) in [6, 6.07) is 8.01. The molecular weight excluding hydrogens is 543 g/mol. The fraction of sp³-hybridized carbons (Fsp3) is 0.360. The zero-order valence-corrected chi connectivity index (χ0v) is 21.7. The highest BCUT2D eigenvalue weighted by Gasteiger charge is 2.52. The summed E-state index contributed by atoms with van der Waals surface area (Å²) in [7, 11) is 0. The molecule has 1 saturated heterocycles. The number of carbonyl (C=O) groups excluding carboxylic acids is 3. The zero-order valence-electron chi connectivity index (χ0n) is 20.2. The molecule has 2 aromatic rings. The summed E-state index contributed by atoms with van der Waals surface area (Å²) in [6.07, 6.45) is -4.84. The van der Waals surface area contributed by atoms with E-state index in [0.717, 1.165) is 12.1 Å². The molecule has 3 rings (SSSR count). The lowest BCUT2D eigenvalue weighted by atomic mass is 10.0. The molecule has 0 spiro atoms. The van der Waals surface area contributed by atoms with Crippen molar-refractivity contribution < 1.29 is 32.3 Å². The predicted molar refractivity (Wildman–Crippen MR) is 128 cm³/mol. The fourth-order valence-corrected chi connectivity index (χ4v) is 4.15. The quantitative estimate of drug-likeness (QED) is 0.333. The van der Waals surface area contributed by atoms with Crippen molar-refractivity contribution >= 4 is 39.5 Å². The van der Waals surface area contributed by atoms with Gasteiger partial charge in [0.05, 0.1) is 28.4 Å². The van der Waals surface area contributed by atoms with Crippen molar-refractivity contribution in [3.8, 4) is 6.07 Å². The maximum absolute atomic E-state index is 13.4. The monoisotopic (exact) mass is 565 g/mol. The molecule has 1 aliphatic heterocycles. The molecule has 0 radical (unpaired) electrons. The third-order valence-electron chi connectivity index (χ3n) is 5.53. The molecular formula is C25H23BrF3N3O4. The van der Waals surface area contributed by atoms with E-state index in [1.807, 2.05) is 0 Å². The van der Waals surface area contributed by atoms with Gasteiger partial charge in [-0.05, 0) is 70.5 Å². The number of ether oxygens (including phenoxy) is 1. The summed E-state index contributed by atoms with van der Waals surface area (Å²) in [4.78, 5) is 40.7. The lowest BCUT2D eigenvalue weighted by molar-refractivity contribution is -0.137. The van der Waals surface area contributed by atoms with Crippen LogP contribution in [0.3, 0.4) is 0 Å². The summed E-state index contributed by atoms with van der Waals surface area (Å²) in [6.45, 7) is 8.14. The van der Waals surface area contributed by atoms with Gasteiger partial charge >= 0.3 is 18.2 Å². The van der Waals surface area contributed by atoms with E-state index in [2.05, 4.69) is 15.9 Å². The van der Waals surface area contributed by atoms with Gasteiger partial charge in [-0.3, -0.25) is 4.79 Å². The minimum absolute atomic E-state index is 0.0638. The topological polar surface area (TPSA) is 90.7 Å². The Bertz CT molecular complexity index is 1290. The fourth-order valence-electron chi connectivity index (χ4n) is 3.64. The standard InChI is InChI=1S/C25H23BrF3N3O4/c1-23(2,3)36-20(33)14-6-7-16(19(26)10-14)13-31-22(35)32(21(34)24(31,4)5)17-9-8-15(12-30)18(11-17)25(27,28)29/h6-11H,13H2,1-5H3. The number of hydrogen-bond acceptors (Lipinski definition) is 5. The van der Waals surface area contributed by atoms with Crippen LogP contribution in [-0.2, 0) is 22.3 Å². The molecule has 2 aromatic carbocycles. The number of anilines is 1. The molecule has 0 aromatic heterocycles. The smallest absolute Gasteiger partial charge is 0.417 e. The number of rotatable bonds is 4. The average Bonchev–Trinajstić information content (AvgIpc) is 2.92. The number of nitrogens with zero attached hydrogens (tertiary/aromatic N) is 3. The number of nitriles is 1. The highest BCUT2D eigenvalue weighted by Crippen LogP contribution is 2.38. The lowest BCUT2D eigenvalue weighted by Crippen LogP contribution is -2.43. The second kappa shape index (κ2) is 9.24. The number of esters is 1. The first-order chi connectivity index (χ1) is 16.5. The summed E-state index contributed by atoms with van der Waals surface area (Å²) in [5.41, 5.74) is -3.36. The highest BCUT2D eigenvalue weighted by molar-refractivity contribution is 9.10. The Morgan fingerprint density at radius 3 is 2.28 bits per heavy atom. The Labute approximate surface area is 214 Å². The van der Waals surface area contributed by atoms with Gasteiger partial charge in [-0.1, -0.05) is 22.0 Å². The van der Waals surface area contributed by atoms with Gasteiger partial charge in [0.15, 0.2) is 0 Å². The SMILES string of the molecule is CC(C)(C)OC(=O)c1ccc(CN2C(=O)N(c3ccc(C#N)c(C(F)(F)F)c3)C(=O)C2(C)C)c(Br)c1. The second-order valence-corrected chi connectivity index (χ2v) is 10.6. The molecule has 0 unspecified atom stereocenters. The predicted octanol–water partition coefficient (Wildman–Crippen LogP) is 6.04. The van der Waals surface area contributed by atoms with Gasteiger partial charge in [0.25, 0.3) is 5.91 Å². The molecule has 3 amide bonds. The Morgan fingerprint density at radius 2 is 1.75 bits per heavy atom. The summed E-state index contributed by atoms with van der Waals surface area (Å²) in [5, 5.41) is 9.03. The molecule has 1 fully saturated rings. The van der Waals surface area contributed by atoms with Crippen LogP contribution in [0.5, 0.6) is 0 Å². The van der Waals surface area contributed by atoms with Crippen LogP contribution in [0.25, 0.3) is 0 Å². The van der Waals surface area contributed by atoms with Crippen LogP contribution in [0.1, 0.15) is 61.7 Å². The van der Waals surface area contributed by atoms with E-state index in [1.165, 1.54) is 36.9 Å². The van der Waals surface area contributed by atoms with Gasteiger partial charge in [0.1, 0.15) is 11.1 Å². The van der Waals surface area contributed by atoms with E-state index in [4.69, 9.17) is 10.00 Å². The van der Waals surface area contributed by atoms with E-state index in [1.54, 1.807) is 26.8 Å². The maximum atomic E-state index is 13.4. The van der Waals surface area contributed by atoms with Crippen molar-refractivity contribution in [1.82, 2.24) is 4.90 Å². The van der Waals surface area contributed by atoms with Gasteiger partial charge in [-0.15, -0.1) is 0 Å². The van der Waals surface area contributed by atoms with Gasteiger partial charge in [-0.25, -0.2) is 14.5 Å². The number of imide groups is 1. The maximum Gasteiger partial charge on any atom is 0.417 e. The van der Waals surface area contributed by atoms with E-state index in [-0.39, 0.29) is 17.8 Å². The number of amides is 3. The molecule has 1 heterocycles. The van der Waals surface area contributed by atoms with Crippen LogP contribution in [0.15, 0.2) is 40.9 Å². The number of carbonyl (C=O) groups is 3. The molecule has 36 heavy (non-hydrogen) atoms. The third kappa shape index (κ3) is 5.23. The van der Waals surface area contributed by atoms with Crippen molar-refractivity contribution in [1.29, 1.82) is 5.26 Å². The van der Waals surface area contributed by atoms with Crippen LogP contribution >= 0.6 is 15.9 Å². The van der Waals surface area contributed by atoms with E-state index >= 15 is 0 Å². The lowest BCUT2D eigenvalue weighted by Gasteiger charge is -2.28. The molecule has 190 valence electrons. The normalized spacial score (nSPS) is 15.8. The van der Waals surface area contributed by atoms with Gasteiger partial charge in [0, 0.05) is 11.0 Å². The Morgan fingerprint density at radius 1 is 1.11 bits per heavy atom. The highest BCUT2D eigenvalue weighted by atomic mass is 79.9. The van der Waals surface area contributed by atoms with Gasteiger partial charge in [-0.2, -0.15) is 18.4 Å². The van der Waals surface area contributed by atoms with Crippen molar-refractivity contribution in [2.24, 2.45) is 0 Å². The van der Waals surface area contributed by atoms with Crippen molar-refractivity contribution in [3.05, 3.63) is 63.1 Å². The number of alkyl halides is 3. The van der Waals surface area contributed by atoms with Crippen LogP contribution < -0.4 is 4.90 Å². The molecule has 11 heteroatoms. The van der Waals surface area contributed by atoms with Crippen LogP contribution in [0.4, 0.5) is 23.7 Å². The minimum Gasteiger partial charge on any atom is -0.456 e. The number of urea groups is 1. The van der Waals surface area contributed by atoms with Crippen LogP contribution in [0, 0.1) is 11.3 Å². The molecule has 0 aliphatic carbocycles. The van der Waals surface area contributed by atoms with Crippen molar-refractivity contribution in [2.45, 2.75) is 58.5 Å². The van der Waals surface area contributed by atoms with Crippen molar-refractivity contribution in [2.75, 3.05) is 4.90 Å². The molecule has 1 aliphatic rings. The van der Waals surface area contributed by atoms with Gasteiger partial charge in [0.2, 0.25) is 0 Å². The average molecular weight is 566 g/mol. The first-order valence-electron chi connectivity index (χ1n) is 10.8. The van der Waals surface area contributed by atoms with Crippen LogP contribution in [-0.4, -0.2) is 33.9 Å². The molecule has 0 saturated carbocycles. The number of benzene rings is 2. The van der Waals surface area contributed by atoms with Crippen molar-refractivity contribution in [3.63, 3.8) is 0 Å². The summed E-state index contributed by atoms with van der Waals surface area (Å²) < 4.78 is 46.2. The largest absolute Gasteiger partial charge is 0.456 e. The Kier molecular flexibility index (Phi) is 6.98. The first kappa shape index (κ1) is 27.2. The van der Waals surface area contributed by atoms with E-state index in [0.29, 0.717) is 21.0 Å². The summed E-state index contributed by atoms with van der Waals surface area (Å²) >= 11 is 3.38. The Hall–Kier alpha value is -3.39. The minimum atomic E-state index is -4.84. The third-order valence-corrected chi connectivity index (χ3v) is 6.26. The molecule has 0 N–H and O–H groups in total. The van der Waals surface area contributed by atoms with Gasteiger partial charge < -0.3 is 9.64 Å². The number of hydrogen-bond donors (Lipinski definition) is 0. The molecule has 7 nitrogen and oxygen atoms in total. The second-order valence-electron chi connectivity index (χ2n) is 9.72. The molecule has 0 atom stereocenters. The zero-order chi connectivity index (χ0) is 27.2. The number of halogens is 4. The van der Waals surface area contributed by atoms with Crippen LogP contribution in [0.2, 0.25) is 0 Å². The van der Waals surface area contributed by atoms with E-state index in [9.17, 15) is 27.6 Å². The summed E-state index contributed by atoms with van der Waals surface area (Å²) in [5.74, 6) is -1.25. The molecule has 0 bridgehead atoms. The Balaban J connectivity index is 1.94. The van der Waals surface area contributed by atoms with E-state index < -0.39 is 46.4 Å².